The van der Waals surface area contributed by atoms with Crippen LogP contribution >= 0.6 is 0 Å². The molecular weight excluding hydrogens is 158 g/mol. The van der Waals surface area contributed by atoms with Crippen molar-refractivity contribution in [2.75, 3.05) is 0 Å². The second kappa shape index (κ2) is 5.64. The molecule has 0 aromatic rings. The summed E-state index contributed by atoms with van der Waals surface area (Å²) in [5.41, 5.74) is 6.18. The number of hydrogen-bond donors (Lipinski definition) is 1. The lowest BCUT2D eigenvalue weighted by molar-refractivity contribution is 0.223. The normalized spacial score (nSPS) is 31.6. The molecule has 1 nitrogen and oxygen atoms in total. The van der Waals surface area contributed by atoms with Gasteiger partial charge in [0.1, 0.15) is 0 Å². The Morgan fingerprint density at radius 1 is 1.31 bits per heavy atom. The predicted octanol–water partition coefficient (Wildman–Crippen LogP) is 3.33. The van der Waals surface area contributed by atoms with Crippen LogP contribution in [0, 0.1) is 11.8 Å². The van der Waals surface area contributed by atoms with E-state index in [2.05, 4.69) is 13.8 Å². The quantitative estimate of drug-likeness (QED) is 0.711. The molecule has 1 aliphatic rings. The molecule has 0 amide bonds. The van der Waals surface area contributed by atoms with Crippen molar-refractivity contribution in [1.29, 1.82) is 0 Å². The van der Waals surface area contributed by atoms with Crippen LogP contribution in [0.3, 0.4) is 0 Å². The maximum absolute atomic E-state index is 6.18. The van der Waals surface area contributed by atoms with Gasteiger partial charge >= 0.3 is 0 Å². The number of nitrogens with two attached hydrogens (primary N) is 1. The zero-order valence-corrected chi connectivity index (χ0v) is 9.26. The lowest BCUT2D eigenvalue weighted by Crippen LogP contribution is -2.33. The maximum atomic E-state index is 6.18. The fourth-order valence-corrected chi connectivity index (χ4v) is 2.66. The van der Waals surface area contributed by atoms with Crippen LogP contribution in [0.4, 0.5) is 0 Å². The maximum Gasteiger partial charge on any atom is 0.00671 e. The molecule has 0 aliphatic heterocycles. The van der Waals surface area contributed by atoms with E-state index in [4.69, 9.17) is 5.73 Å². The first-order valence-electron chi connectivity index (χ1n) is 6.03. The summed E-state index contributed by atoms with van der Waals surface area (Å²) >= 11 is 0. The first-order valence-corrected chi connectivity index (χ1v) is 6.03. The second-order valence-electron chi connectivity index (χ2n) is 4.65. The highest BCUT2D eigenvalue weighted by Gasteiger charge is 2.24. The van der Waals surface area contributed by atoms with E-state index in [1.807, 2.05) is 0 Å². The Labute approximate surface area is 83.1 Å². The molecule has 1 aliphatic carbocycles. The summed E-state index contributed by atoms with van der Waals surface area (Å²) in [6, 6.07) is 0.486. The highest BCUT2D eigenvalue weighted by molar-refractivity contribution is 4.79. The summed E-state index contributed by atoms with van der Waals surface area (Å²) in [5.74, 6) is 1.81. The van der Waals surface area contributed by atoms with Crippen molar-refractivity contribution in [1.82, 2.24) is 0 Å². The van der Waals surface area contributed by atoms with Gasteiger partial charge in [0.05, 0.1) is 0 Å². The molecule has 0 aromatic carbocycles. The highest BCUT2D eigenvalue weighted by atomic mass is 14.6. The van der Waals surface area contributed by atoms with E-state index in [-0.39, 0.29) is 0 Å². The highest BCUT2D eigenvalue weighted by Crippen LogP contribution is 2.33. The molecule has 0 saturated heterocycles. The minimum atomic E-state index is 0.486. The van der Waals surface area contributed by atoms with Crippen LogP contribution in [0.25, 0.3) is 0 Å². The Balaban J connectivity index is 2.32. The molecule has 0 heterocycles. The summed E-state index contributed by atoms with van der Waals surface area (Å²) in [5, 5.41) is 0. The third kappa shape index (κ3) is 3.30. The SMILES string of the molecule is CCCC(N)C1CCCC(CC)C1. The Hall–Kier alpha value is -0.0400. The number of hydrogen-bond acceptors (Lipinski definition) is 1. The third-order valence-corrected chi connectivity index (χ3v) is 3.63. The Morgan fingerprint density at radius 3 is 2.69 bits per heavy atom. The van der Waals surface area contributed by atoms with Gasteiger partial charge in [-0.15, -0.1) is 0 Å². The van der Waals surface area contributed by atoms with Gasteiger partial charge in [-0.05, 0) is 31.1 Å². The summed E-state index contributed by atoms with van der Waals surface area (Å²) in [7, 11) is 0. The molecule has 2 N–H and O–H groups in total. The second-order valence-corrected chi connectivity index (χ2v) is 4.65. The molecule has 0 spiro atoms. The van der Waals surface area contributed by atoms with Gasteiger partial charge in [0.15, 0.2) is 0 Å². The minimum Gasteiger partial charge on any atom is -0.327 e. The first-order chi connectivity index (χ1) is 6.27. The van der Waals surface area contributed by atoms with Gasteiger partial charge in [-0.1, -0.05) is 39.5 Å². The van der Waals surface area contributed by atoms with Crippen molar-refractivity contribution < 1.29 is 0 Å². The summed E-state index contributed by atoms with van der Waals surface area (Å²) in [4.78, 5) is 0. The van der Waals surface area contributed by atoms with E-state index in [1.165, 1.54) is 44.9 Å². The van der Waals surface area contributed by atoms with E-state index in [1.54, 1.807) is 0 Å². The topological polar surface area (TPSA) is 26.0 Å². The molecule has 0 aromatic heterocycles. The van der Waals surface area contributed by atoms with E-state index >= 15 is 0 Å². The van der Waals surface area contributed by atoms with Crippen molar-refractivity contribution in [2.45, 2.75) is 64.8 Å². The average molecular weight is 183 g/mol. The van der Waals surface area contributed by atoms with Gasteiger partial charge in [0.2, 0.25) is 0 Å². The predicted molar refractivity (Wildman–Crippen MR) is 58.6 cm³/mol. The summed E-state index contributed by atoms with van der Waals surface area (Å²) < 4.78 is 0. The van der Waals surface area contributed by atoms with Crippen LogP contribution in [0.5, 0.6) is 0 Å². The first kappa shape index (κ1) is 11.0. The fourth-order valence-electron chi connectivity index (χ4n) is 2.66. The van der Waals surface area contributed by atoms with Gasteiger partial charge in [-0.25, -0.2) is 0 Å². The monoisotopic (exact) mass is 183 g/mol. The molecule has 1 heteroatoms. The largest absolute Gasteiger partial charge is 0.327 e. The molecule has 78 valence electrons. The molecule has 13 heavy (non-hydrogen) atoms. The van der Waals surface area contributed by atoms with Crippen molar-refractivity contribution >= 4 is 0 Å². The van der Waals surface area contributed by atoms with Crippen LogP contribution in [0.2, 0.25) is 0 Å². The van der Waals surface area contributed by atoms with Gasteiger partial charge < -0.3 is 5.73 Å². The molecule has 3 atom stereocenters. The number of rotatable bonds is 4. The molecule has 0 bridgehead atoms. The van der Waals surface area contributed by atoms with Gasteiger partial charge in [-0.3, -0.25) is 0 Å². The zero-order valence-electron chi connectivity index (χ0n) is 9.26. The minimum absolute atomic E-state index is 0.486. The summed E-state index contributed by atoms with van der Waals surface area (Å²) in [6.07, 6.45) is 9.48. The zero-order chi connectivity index (χ0) is 9.68. The lowest BCUT2D eigenvalue weighted by atomic mass is 9.76. The molecule has 1 saturated carbocycles. The van der Waals surface area contributed by atoms with Crippen LogP contribution in [-0.2, 0) is 0 Å². The molecule has 0 radical (unpaired) electrons. The standard InChI is InChI=1S/C12H25N/c1-3-6-12(13)11-8-5-7-10(4-2)9-11/h10-12H,3-9,13H2,1-2H3. The van der Waals surface area contributed by atoms with Gasteiger partial charge in [-0.2, -0.15) is 0 Å². The Bertz CT molecular complexity index is 133. The van der Waals surface area contributed by atoms with Crippen molar-refractivity contribution in [3.05, 3.63) is 0 Å². The van der Waals surface area contributed by atoms with E-state index in [0.29, 0.717) is 6.04 Å². The molecular formula is C12H25N. The summed E-state index contributed by atoms with van der Waals surface area (Å²) in [6.45, 7) is 4.55. The molecule has 1 rings (SSSR count). The van der Waals surface area contributed by atoms with Crippen LogP contribution in [0.15, 0.2) is 0 Å². The lowest BCUT2D eigenvalue weighted by Gasteiger charge is -2.32. The van der Waals surface area contributed by atoms with E-state index < -0.39 is 0 Å². The van der Waals surface area contributed by atoms with Gasteiger partial charge in [0, 0.05) is 6.04 Å². The third-order valence-electron chi connectivity index (χ3n) is 3.63. The fraction of sp³-hybridized carbons (Fsp3) is 1.00. The van der Waals surface area contributed by atoms with Crippen LogP contribution < -0.4 is 5.73 Å². The smallest absolute Gasteiger partial charge is 0.00671 e. The van der Waals surface area contributed by atoms with Gasteiger partial charge in [0.25, 0.3) is 0 Å². The Morgan fingerprint density at radius 2 is 2.08 bits per heavy atom. The average Bonchev–Trinajstić information content (AvgIpc) is 2.18. The van der Waals surface area contributed by atoms with Crippen molar-refractivity contribution in [2.24, 2.45) is 17.6 Å². The molecule has 3 unspecified atom stereocenters. The van der Waals surface area contributed by atoms with Crippen LogP contribution in [0.1, 0.15) is 58.8 Å². The van der Waals surface area contributed by atoms with Crippen LogP contribution in [-0.4, -0.2) is 6.04 Å². The molecule has 1 fully saturated rings. The van der Waals surface area contributed by atoms with Crippen molar-refractivity contribution in [3.63, 3.8) is 0 Å². The Kier molecular flexibility index (Phi) is 4.79. The van der Waals surface area contributed by atoms with E-state index in [0.717, 1.165) is 11.8 Å². The van der Waals surface area contributed by atoms with Crippen molar-refractivity contribution in [3.8, 4) is 0 Å². The van der Waals surface area contributed by atoms with E-state index in [9.17, 15) is 0 Å².